The number of rotatable bonds is 8. The van der Waals surface area contributed by atoms with Gasteiger partial charge in [-0.1, -0.05) is 11.6 Å². The molecule has 180 valence electrons. The maximum atomic E-state index is 12.9. The topological polar surface area (TPSA) is 97.9 Å². The van der Waals surface area contributed by atoms with Gasteiger partial charge >= 0.3 is 12.1 Å². The molecule has 0 radical (unpaired) electrons. The summed E-state index contributed by atoms with van der Waals surface area (Å²) in [6, 6.07) is 3.87. The molecule has 0 saturated carbocycles. The van der Waals surface area contributed by atoms with Crippen LogP contribution in [0.4, 0.5) is 13.2 Å². The lowest BCUT2D eigenvalue weighted by molar-refractivity contribution is -0.153. The number of methoxy groups -OCH3 is 1. The molecular formula is C22H23ClF3NO6. The Hall–Kier alpha value is -2.72. The third-order valence-electron chi connectivity index (χ3n) is 5.34. The molecule has 3 rings (SSSR count). The van der Waals surface area contributed by atoms with Crippen LogP contribution in [0, 0.1) is 0 Å². The van der Waals surface area contributed by atoms with Gasteiger partial charge in [0.2, 0.25) is 0 Å². The van der Waals surface area contributed by atoms with E-state index in [0.29, 0.717) is 13.0 Å². The van der Waals surface area contributed by atoms with Crippen LogP contribution in [0.1, 0.15) is 37.2 Å². The fourth-order valence-electron chi connectivity index (χ4n) is 3.88. The van der Waals surface area contributed by atoms with Crippen LogP contribution in [0.15, 0.2) is 29.2 Å². The average molecular weight is 490 g/mol. The number of hydrogen-bond donors (Lipinski definition) is 2. The second-order valence-electron chi connectivity index (χ2n) is 7.63. The molecule has 1 unspecified atom stereocenters. The minimum absolute atomic E-state index is 0.00383. The summed E-state index contributed by atoms with van der Waals surface area (Å²) in [4.78, 5) is 27.6. The van der Waals surface area contributed by atoms with E-state index in [4.69, 9.17) is 25.8 Å². The number of carbonyl (C=O) groups is 1. The van der Waals surface area contributed by atoms with Gasteiger partial charge in [-0.05, 0) is 43.9 Å². The van der Waals surface area contributed by atoms with Crippen molar-refractivity contribution in [1.29, 1.82) is 0 Å². The summed E-state index contributed by atoms with van der Waals surface area (Å²) in [6.45, 7) is -1.09. The summed E-state index contributed by atoms with van der Waals surface area (Å²) in [7, 11) is 1.29. The minimum atomic E-state index is -4.61. The first-order valence-electron chi connectivity index (χ1n) is 10.2. The van der Waals surface area contributed by atoms with Crippen molar-refractivity contribution in [2.24, 2.45) is 0 Å². The number of nitrogens with one attached hydrogen (secondary N) is 1. The maximum Gasteiger partial charge on any atom is 0.422 e. The highest BCUT2D eigenvalue weighted by Gasteiger charge is 2.34. The number of aromatic nitrogens is 1. The second-order valence-corrected chi connectivity index (χ2v) is 8.07. The molecule has 1 saturated heterocycles. The maximum absolute atomic E-state index is 12.9. The molecule has 2 aromatic rings. The number of aromatic amines is 1. The number of halogens is 4. The lowest BCUT2D eigenvalue weighted by atomic mass is 9.86. The van der Waals surface area contributed by atoms with E-state index in [1.54, 1.807) is 0 Å². The van der Waals surface area contributed by atoms with Gasteiger partial charge in [-0.15, -0.1) is 0 Å². The molecule has 0 aliphatic carbocycles. The Bertz CT molecular complexity index is 1050. The third kappa shape index (κ3) is 6.20. The second kappa shape index (κ2) is 10.5. The predicted octanol–water partition coefficient (Wildman–Crippen LogP) is 4.77. The van der Waals surface area contributed by atoms with Gasteiger partial charge in [-0.2, -0.15) is 13.2 Å². The number of aliphatic carboxylic acids is 1. The Labute approximate surface area is 192 Å². The first-order chi connectivity index (χ1) is 15.6. The SMILES string of the molecule is COc1c[nH]c(=O)c(C(C[C@@H]2CCCCO2)C(=O)O)c1-c1cc(Cl)ccc1OCC(F)(F)F. The highest BCUT2D eigenvalue weighted by molar-refractivity contribution is 6.31. The summed E-state index contributed by atoms with van der Waals surface area (Å²) in [6.07, 6.45) is -1.40. The van der Waals surface area contributed by atoms with Crippen molar-refractivity contribution in [1.82, 2.24) is 4.98 Å². The number of H-pyrrole nitrogens is 1. The van der Waals surface area contributed by atoms with E-state index in [1.165, 1.54) is 31.5 Å². The van der Waals surface area contributed by atoms with Gasteiger partial charge in [0.1, 0.15) is 11.5 Å². The van der Waals surface area contributed by atoms with Crippen LogP contribution >= 0.6 is 11.6 Å². The van der Waals surface area contributed by atoms with Crippen LogP contribution in [0.2, 0.25) is 5.02 Å². The highest BCUT2D eigenvalue weighted by atomic mass is 35.5. The van der Waals surface area contributed by atoms with Crippen molar-refractivity contribution < 1.29 is 37.3 Å². The number of carboxylic acid groups (broad SMARTS) is 1. The number of alkyl halides is 3. The Morgan fingerprint density at radius 2 is 2.09 bits per heavy atom. The number of hydrogen-bond acceptors (Lipinski definition) is 5. The molecule has 2 heterocycles. The predicted molar refractivity (Wildman–Crippen MR) is 114 cm³/mol. The summed E-state index contributed by atoms with van der Waals surface area (Å²) in [5, 5.41) is 10.1. The molecule has 2 N–H and O–H groups in total. The van der Waals surface area contributed by atoms with Crippen molar-refractivity contribution in [3.63, 3.8) is 0 Å². The smallest absolute Gasteiger partial charge is 0.422 e. The monoisotopic (exact) mass is 489 g/mol. The van der Waals surface area contributed by atoms with E-state index in [9.17, 15) is 27.9 Å². The molecule has 1 fully saturated rings. The first-order valence-corrected chi connectivity index (χ1v) is 10.6. The Balaban J connectivity index is 2.18. The standard InChI is InChI=1S/C22H23ClF3NO6/c1-31-17-10-27-20(28)19(15(21(29)30)9-13-4-2-3-7-32-13)18(17)14-8-12(23)5-6-16(14)33-11-22(24,25)26/h5-6,8,10,13,15H,2-4,7,9,11H2,1H3,(H,27,28)(H,29,30)/t13-,15?/m0/s1. The van der Waals surface area contributed by atoms with E-state index in [0.717, 1.165) is 12.8 Å². The van der Waals surface area contributed by atoms with E-state index in [-0.39, 0.29) is 45.7 Å². The Morgan fingerprint density at radius 1 is 1.33 bits per heavy atom. The van der Waals surface area contributed by atoms with Crippen LogP contribution in [-0.2, 0) is 9.53 Å². The van der Waals surface area contributed by atoms with Gasteiger partial charge in [-0.3, -0.25) is 9.59 Å². The zero-order valence-corrected chi connectivity index (χ0v) is 18.5. The number of benzene rings is 1. The van der Waals surface area contributed by atoms with Crippen LogP contribution in [-0.4, -0.2) is 48.7 Å². The van der Waals surface area contributed by atoms with Crippen molar-refractivity contribution in [3.05, 3.63) is 45.3 Å². The van der Waals surface area contributed by atoms with E-state index in [1.807, 2.05) is 0 Å². The molecular weight excluding hydrogens is 467 g/mol. The molecule has 2 atom stereocenters. The Morgan fingerprint density at radius 3 is 2.70 bits per heavy atom. The van der Waals surface area contributed by atoms with Gasteiger partial charge in [-0.25, -0.2) is 0 Å². The minimum Gasteiger partial charge on any atom is -0.495 e. The van der Waals surface area contributed by atoms with E-state index in [2.05, 4.69) is 4.98 Å². The zero-order chi connectivity index (χ0) is 24.2. The van der Waals surface area contributed by atoms with Gasteiger partial charge in [0.15, 0.2) is 6.61 Å². The fourth-order valence-corrected chi connectivity index (χ4v) is 4.05. The van der Waals surface area contributed by atoms with Crippen LogP contribution < -0.4 is 15.0 Å². The van der Waals surface area contributed by atoms with Gasteiger partial charge in [0.25, 0.3) is 5.56 Å². The van der Waals surface area contributed by atoms with Gasteiger partial charge in [0, 0.05) is 34.5 Å². The van der Waals surface area contributed by atoms with Crippen molar-refractivity contribution in [3.8, 4) is 22.6 Å². The molecule has 11 heteroatoms. The quantitative estimate of drug-likeness (QED) is 0.554. The lowest BCUT2D eigenvalue weighted by Gasteiger charge is -2.26. The lowest BCUT2D eigenvalue weighted by Crippen LogP contribution is -2.29. The Kier molecular flexibility index (Phi) is 7.91. The van der Waals surface area contributed by atoms with Crippen molar-refractivity contribution in [2.75, 3.05) is 20.3 Å². The van der Waals surface area contributed by atoms with Crippen LogP contribution in [0.3, 0.4) is 0 Å². The highest BCUT2D eigenvalue weighted by Crippen LogP contribution is 2.43. The van der Waals surface area contributed by atoms with E-state index >= 15 is 0 Å². The number of ether oxygens (including phenoxy) is 3. The molecule has 0 bridgehead atoms. The average Bonchev–Trinajstić information content (AvgIpc) is 2.76. The summed E-state index contributed by atoms with van der Waals surface area (Å²) < 4.78 is 54.4. The molecule has 0 amide bonds. The van der Waals surface area contributed by atoms with Gasteiger partial charge < -0.3 is 24.3 Å². The molecule has 0 spiro atoms. The van der Waals surface area contributed by atoms with Crippen LogP contribution in [0.25, 0.3) is 11.1 Å². The van der Waals surface area contributed by atoms with Crippen LogP contribution in [0.5, 0.6) is 11.5 Å². The molecule has 1 aliphatic heterocycles. The van der Waals surface area contributed by atoms with Crippen molar-refractivity contribution >= 4 is 17.6 Å². The summed E-state index contributed by atoms with van der Waals surface area (Å²) in [5.74, 6) is -2.75. The summed E-state index contributed by atoms with van der Waals surface area (Å²) in [5.41, 5.74) is -0.865. The zero-order valence-electron chi connectivity index (χ0n) is 17.7. The number of pyridine rings is 1. The normalized spacial score (nSPS) is 17.4. The van der Waals surface area contributed by atoms with Gasteiger partial charge in [0.05, 0.1) is 19.1 Å². The molecule has 1 aromatic carbocycles. The molecule has 33 heavy (non-hydrogen) atoms. The molecule has 1 aliphatic rings. The molecule has 1 aromatic heterocycles. The molecule has 7 nitrogen and oxygen atoms in total. The third-order valence-corrected chi connectivity index (χ3v) is 5.57. The largest absolute Gasteiger partial charge is 0.495 e. The first kappa shape index (κ1) is 24.9. The fraction of sp³-hybridized carbons (Fsp3) is 0.455. The summed E-state index contributed by atoms with van der Waals surface area (Å²) >= 11 is 6.10. The number of carboxylic acids is 1. The van der Waals surface area contributed by atoms with Crippen molar-refractivity contribution in [2.45, 2.75) is 43.9 Å². The van der Waals surface area contributed by atoms with E-state index < -0.39 is 30.2 Å².